The number of benzene rings is 1. The molecular weight excluding hydrogens is 288 g/mol. The fraction of sp³-hybridized carbons (Fsp3) is 0.684. The van der Waals surface area contributed by atoms with Crippen molar-refractivity contribution in [3.05, 3.63) is 30.3 Å². The summed E-state index contributed by atoms with van der Waals surface area (Å²) in [6, 6.07) is 10.0. The number of rotatable bonds is 5. The lowest BCUT2D eigenvalue weighted by atomic mass is 9.86. The SMILES string of the molecule is C[C@H](O[Si](C)(C)C(C)(C)C)C(Oc1ccccc1)C(C)(C)C. The second-order valence-corrected chi connectivity index (χ2v) is 13.6. The quantitative estimate of drug-likeness (QED) is 0.629. The van der Waals surface area contributed by atoms with Crippen molar-refractivity contribution in [1.29, 1.82) is 0 Å². The van der Waals surface area contributed by atoms with E-state index in [-0.39, 0.29) is 22.7 Å². The van der Waals surface area contributed by atoms with Crippen molar-refractivity contribution in [3.63, 3.8) is 0 Å². The molecule has 1 aromatic rings. The van der Waals surface area contributed by atoms with Crippen molar-refractivity contribution < 1.29 is 9.16 Å². The zero-order chi connectivity index (χ0) is 17.2. The summed E-state index contributed by atoms with van der Waals surface area (Å²) in [5.41, 5.74) is 0.0115. The molecule has 0 amide bonds. The van der Waals surface area contributed by atoms with Crippen molar-refractivity contribution >= 4 is 8.32 Å². The van der Waals surface area contributed by atoms with Crippen LogP contribution in [0.4, 0.5) is 0 Å². The molecule has 2 nitrogen and oxygen atoms in total. The van der Waals surface area contributed by atoms with E-state index in [1.165, 1.54) is 0 Å². The Morgan fingerprint density at radius 3 is 1.82 bits per heavy atom. The lowest BCUT2D eigenvalue weighted by Gasteiger charge is -2.43. The van der Waals surface area contributed by atoms with E-state index >= 15 is 0 Å². The topological polar surface area (TPSA) is 18.5 Å². The fourth-order valence-corrected chi connectivity index (χ4v) is 3.73. The molecule has 0 spiro atoms. The second kappa shape index (κ2) is 6.75. The molecule has 0 heterocycles. The number of ether oxygens (including phenoxy) is 1. The van der Waals surface area contributed by atoms with Crippen molar-refractivity contribution in [2.45, 2.75) is 78.8 Å². The summed E-state index contributed by atoms with van der Waals surface area (Å²) in [5.74, 6) is 0.910. The molecule has 0 radical (unpaired) electrons. The third-order valence-electron chi connectivity index (χ3n) is 4.57. The third-order valence-corrected chi connectivity index (χ3v) is 9.15. The van der Waals surface area contributed by atoms with Crippen LogP contribution in [0.15, 0.2) is 30.3 Å². The van der Waals surface area contributed by atoms with Crippen molar-refractivity contribution in [3.8, 4) is 5.75 Å². The van der Waals surface area contributed by atoms with Gasteiger partial charge in [-0.2, -0.15) is 0 Å². The van der Waals surface area contributed by atoms with E-state index in [9.17, 15) is 0 Å². The molecule has 3 heteroatoms. The Hall–Kier alpha value is -0.803. The van der Waals surface area contributed by atoms with Gasteiger partial charge in [0.15, 0.2) is 8.32 Å². The Bertz CT molecular complexity index is 455. The minimum Gasteiger partial charge on any atom is -0.487 e. The van der Waals surface area contributed by atoms with Crippen LogP contribution in [-0.4, -0.2) is 20.5 Å². The first kappa shape index (κ1) is 19.2. The Kier molecular flexibility index (Phi) is 5.91. The number of para-hydroxylation sites is 1. The van der Waals surface area contributed by atoms with Gasteiger partial charge in [-0.25, -0.2) is 0 Å². The van der Waals surface area contributed by atoms with Crippen LogP contribution in [0.25, 0.3) is 0 Å². The molecule has 1 unspecified atom stereocenters. The first-order chi connectivity index (χ1) is 9.84. The lowest BCUT2D eigenvalue weighted by Crippen LogP contribution is -2.50. The van der Waals surface area contributed by atoms with Crippen molar-refractivity contribution in [2.75, 3.05) is 0 Å². The molecule has 0 aliphatic carbocycles. The van der Waals surface area contributed by atoms with Crippen LogP contribution < -0.4 is 4.74 Å². The zero-order valence-electron chi connectivity index (χ0n) is 15.9. The Morgan fingerprint density at radius 1 is 0.909 bits per heavy atom. The highest BCUT2D eigenvalue weighted by molar-refractivity contribution is 6.74. The highest BCUT2D eigenvalue weighted by Gasteiger charge is 2.42. The molecule has 0 N–H and O–H groups in total. The van der Waals surface area contributed by atoms with Gasteiger partial charge >= 0.3 is 0 Å². The Morgan fingerprint density at radius 2 is 1.41 bits per heavy atom. The average molecular weight is 323 g/mol. The minimum atomic E-state index is -1.81. The van der Waals surface area contributed by atoms with Crippen LogP contribution in [0.1, 0.15) is 48.5 Å². The molecule has 22 heavy (non-hydrogen) atoms. The molecule has 2 atom stereocenters. The predicted molar refractivity (Wildman–Crippen MR) is 98.1 cm³/mol. The highest BCUT2D eigenvalue weighted by atomic mass is 28.4. The molecule has 0 bridgehead atoms. The van der Waals surface area contributed by atoms with Crippen LogP contribution in [-0.2, 0) is 4.43 Å². The first-order valence-corrected chi connectivity index (χ1v) is 11.1. The second-order valence-electron chi connectivity index (χ2n) is 8.80. The van der Waals surface area contributed by atoms with E-state index in [0.717, 1.165) is 5.75 Å². The molecule has 0 aliphatic rings. The van der Waals surface area contributed by atoms with Gasteiger partial charge in [-0.05, 0) is 37.2 Å². The van der Waals surface area contributed by atoms with Crippen LogP contribution in [0.2, 0.25) is 18.1 Å². The van der Waals surface area contributed by atoms with E-state index in [4.69, 9.17) is 9.16 Å². The van der Waals surface area contributed by atoms with E-state index < -0.39 is 8.32 Å². The van der Waals surface area contributed by atoms with E-state index in [0.29, 0.717) is 0 Å². The van der Waals surface area contributed by atoms with Crippen molar-refractivity contribution in [1.82, 2.24) is 0 Å². The van der Waals surface area contributed by atoms with Gasteiger partial charge in [0.05, 0.1) is 6.10 Å². The molecule has 0 saturated carbocycles. The van der Waals surface area contributed by atoms with Gasteiger partial charge in [0, 0.05) is 5.41 Å². The van der Waals surface area contributed by atoms with Gasteiger partial charge < -0.3 is 9.16 Å². The monoisotopic (exact) mass is 322 g/mol. The third kappa shape index (κ3) is 5.13. The normalized spacial score (nSPS) is 16.2. The number of hydrogen-bond acceptors (Lipinski definition) is 2. The van der Waals surface area contributed by atoms with E-state index in [1.54, 1.807) is 0 Å². The van der Waals surface area contributed by atoms with Gasteiger partial charge in [-0.15, -0.1) is 0 Å². The molecule has 1 rings (SSSR count). The maximum Gasteiger partial charge on any atom is 0.192 e. The van der Waals surface area contributed by atoms with Crippen LogP contribution >= 0.6 is 0 Å². The summed E-state index contributed by atoms with van der Waals surface area (Å²) in [5, 5.41) is 0.205. The summed E-state index contributed by atoms with van der Waals surface area (Å²) in [4.78, 5) is 0. The van der Waals surface area contributed by atoms with Gasteiger partial charge in [-0.1, -0.05) is 59.7 Å². The lowest BCUT2D eigenvalue weighted by molar-refractivity contribution is -0.0110. The average Bonchev–Trinajstić information content (AvgIpc) is 2.33. The molecule has 0 aliphatic heterocycles. The minimum absolute atomic E-state index is 0.0115. The van der Waals surface area contributed by atoms with Crippen LogP contribution in [0.3, 0.4) is 0 Å². The summed E-state index contributed by atoms with van der Waals surface area (Å²) in [7, 11) is -1.81. The Labute approximate surface area is 138 Å². The van der Waals surface area contributed by atoms with Crippen LogP contribution in [0, 0.1) is 5.41 Å². The van der Waals surface area contributed by atoms with Crippen LogP contribution in [0.5, 0.6) is 5.75 Å². The van der Waals surface area contributed by atoms with Gasteiger partial charge in [0.25, 0.3) is 0 Å². The zero-order valence-corrected chi connectivity index (χ0v) is 16.9. The molecule has 1 aromatic carbocycles. The van der Waals surface area contributed by atoms with Gasteiger partial charge in [-0.3, -0.25) is 0 Å². The van der Waals surface area contributed by atoms with Gasteiger partial charge in [0.1, 0.15) is 11.9 Å². The van der Waals surface area contributed by atoms with E-state index in [1.807, 2.05) is 30.3 Å². The molecular formula is C19H34O2Si. The molecule has 0 fully saturated rings. The largest absolute Gasteiger partial charge is 0.487 e. The highest BCUT2D eigenvalue weighted by Crippen LogP contribution is 2.39. The molecule has 126 valence electrons. The summed E-state index contributed by atoms with van der Waals surface area (Å²) in [6.07, 6.45) is 0.0742. The maximum absolute atomic E-state index is 6.58. The summed E-state index contributed by atoms with van der Waals surface area (Å²) in [6.45, 7) is 20.2. The standard InChI is InChI=1S/C19H34O2Si/c1-15(21-22(8,9)19(5,6)7)17(18(2,3)4)20-16-13-11-10-12-14-16/h10-15,17H,1-9H3/t15-,17?/m0/s1. The summed E-state index contributed by atoms with van der Waals surface area (Å²) < 4.78 is 12.9. The smallest absolute Gasteiger partial charge is 0.192 e. The Balaban J connectivity index is 2.94. The summed E-state index contributed by atoms with van der Waals surface area (Å²) >= 11 is 0. The maximum atomic E-state index is 6.58. The molecule has 0 aromatic heterocycles. The fourth-order valence-electron chi connectivity index (χ4n) is 2.33. The number of hydrogen-bond donors (Lipinski definition) is 0. The molecule has 0 saturated heterocycles. The first-order valence-electron chi connectivity index (χ1n) is 8.24. The van der Waals surface area contributed by atoms with Crippen molar-refractivity contribution in [2.24, 2.45) is 5.41 Å². The predicted octanol–water partition coefficient (Wildman–Crippen LogP) is 5.89. The van der Waals surface area contributed by atoms with E-state index in [2.05, 4.69) is 61.6 Å². The van der Waals surface area contributed by atoms with Gasteiger partial charge in [0.2, 0.25) is 0 Å².